The van der Waals surface area contributed by atoms with Gasteiger partial charge in [-0.15, -0.1) is 0 Å². The quantitative estimate of drug-likeness (QED) is 0.441. The molecule has 0 aliphatic carbocycles. The van der Waals surface area contributed by atoms with Gasteiger partial charge in [-0.25, -0.2) is 18.5 Å². The Balaban J connectivity index is 1.56. The predicted octanol–water partition coefficient (Wildman–Crippen LogP) is 2.05. The molecule has 0 bridgehead atoms. The van der Waals surface area contributed by atoms with Crippen LogP contribution in [0.15, 0.2) is 64.5 Å². The fraction of sp³-hybridized carbons (Fsp3) is 0.409. The predicted molar refractivity (Wildman–Crippen MR) is 121 cm³/mol. The molecule has 8 heteroatoms. The molecule has 4 N–H and O–H groups in total. The third-order valence-electron chi connectivity index (χ3n) is 5.25. The Bertz CT molecular complexity index is 930. The van der Waals surface area contributed by atoms with Crippen LogP contribution in [0.2, 0.25) is 0 Å². The van der Waals surface area contributed by atoms with E-state index in [0.29, 0.717) is 12.6 Å². The van der Waals surface area contributed by atoms with E-state index in [1.165, 1.54) is 30.5 Å². The van der Waals surface area contributed by atoms with Gasteiger partial charge in [-0.3, -0.25) is 4.90 Å². The number of sulfonamides is 1. The van der Waals surface area contributed by atoms with E-state index < -0.39 is 10.0 Å². The Morgan fingerprint density at radius 2 is 1.83 bits per heavy atom. The van der Waals surface area contributed by atoms with Crippen molar-refractivity contribution in [2.24, 2.45) is 10.1 Å². The number of hydrogen-bond acceptors (Lipinski definition) is 4. The van der Waals surface area contributed by atoms with E-state index in [-0.39, 0.29) is 4.90 Å². The highest BCUT2D eigenvalue weighted by Crippen LogP contribution is 2.19. The molecule has 0 spiro atoms. The lowest BCUT2D eigenvalue weighted by Crippen LogP contribution is -2.44. The van der Waals surface area contributed by atoms with Crippen LogP contribution in [0.3, 0.4) is 0 Å². The number of nitrogens with two attached hydrogens (primary N) is 1. The van der Waals surface area contributed by atoms with Crippen molar-refractivity contribution in [3.63, 3.8) is 0 Å². The molecule has 0 amide bonds. The average molecular weight is 430 g/mol. The Morgan fingerprint density at radius 3 is 2.50 bits per heavy atom. The first-order valence-corrected chi connectivity index (χ1v) is 11.9. The average Bonchev–Trinajstić information content (AvgIpc) is 3.17. The van der Waals surface area contributed by atoms with Crippen LogP contribution in [0.1, 0.15) is 30.9 Å². The first-order chi connectivity index (χ1) is 14.5. The lowest BCUT2D eigenvalue weighted by molar-refractivity contribution is 0.245. The maximum Gasteiger partial charge on any atom is 0.238 e. The third kappa shape index (κ3) is 6.55. The highest BCUT2D eigenvalue weighted by molar-refractivity contribution is 7.89. The van der Waals surface area contributed by atoms with E-state index in [0.717, 1.165) is 37.7 Å². The molecule has 1 unspecified atom stereocenters. The SMILES string of the molecule is CCNC(=NCc1ccc(S(N)(=O)=O)cc1)NCC1CCCN1Cc1ccccc1. The van der Waals surface area contributed by atoms with Crippen molar-refractivity contribution < 1.29 is 8.42 Å². The molecule has 2 aromatic rings. The van der Waals surface area contributed by atoms with E-state index in [1.807, 2.05) is 13.0 Å². The van der Waals surface area contributed by atoms with E-state index in [4.69, 9.17) is 5.14 Å². The van der Waals surface area contributed by atoms with Gasteiger partial charge in [-0.1, -0.05) is 42.5 Å². The van der Waals surface area contributed by atoms with E-state index in [9.17, 15) is 8.42 Å². The third-order valence-corrected chi connectivity index (χ3v) is 6.18. The van der Waals surface area contributed by atoms with Gasteiger partial charge >= 0.3 is 0 Å². The van der Waals surface area contributed by atoms with Gasteiger partial charge in [-0.2, -0.15) is 0 Å². The van der Waals surface area contributed by atoms with Gasteiger partial charge in [0.25, 0.3) is 0 Å². The number of primary sulfonamides is 1. The molecule has 0 saturated carbocycles. The van der Waals surface area contributed by atoms with Gasteiger partial charge in [0.05, 0.1) is 11.4 Å². The van der Waals surface area contributed by atoms with Gasteiger partial charge in [0.1, 0.15) is 0 Å². The van der Waals surface area contributed by atoms with Gasteiger partial charge < -0.3 is 10.6 Å². The second-order valence-electron chi connectivity index (χ2n) is 7.52. The molecule has 0 aromatic heterocycles. The molecule has 2 aromatic carbocycles. The zero-order chi connectivity index (χ0) is 21.4. The summed E-state index contributed by atoms with van der Waals surface area (Å²) in [5.41, 5.74) is 2.26. The summed E-state index contributed by atoms with van der Waals surface area (Å²) in [4.78, 5) is 7.28. The monoisotopic (exact) mass is 429 g/mol. The molecule has 1 atom stereocenters. The zero-order valence-corrected chi connectivity index (χ0v) is 18.2. The van der Waals surface area contributed by atoms with Crippen molar-refractivity contribution in [3.05, 3.63) is 65.7 Å². The van der Waals surface area contributed by atoms with Crippen molar-refractivity contribution in [2.75, 3.05) is 19.6 Å². The second-order valence-corrected chi connectivity index (χ2v) is 9.08. The lowest BCUT2D eigenvalue weighted by Gasteiger charge is -2.25. The molecule has 0 radical (unpaired) electrons. The topological polar surface area (TPSA) is 99.8 Å². The largest absolute Gasteiger partial charge is 0.357 e. The lowest BCUT2D eigenvalue weighted by atomic mass is 10.2. The number of guanidine groups is 1. The minimum absolute atomic E-state index is 0.111. The number of likely N-dealkylation sites (tertiary alicyclic amines) is 1. The second kappa shape index (κ2) is 10.6. The molecule has 1 heterocycles. The molecular formula is C22H31N5O2S. The first-order valence-electron chi connectivity index (χ1n) is 10.4. The van der Waals surface area contributed by atoms with Crippen LogP contribution in [-0.2, 0) is 23.1 Å². The molecule has 1 aliphatic rings. The Hall–Kier alpha value is -2.42. The van der Waals surface area contributed by atoms with Gasteiger partial charge in [0.15, 0.2) is 5.96 Å². The summed E-state index contributed by atoms with van der Waals surface area (Å²) < 4.78 is 22.7. The summed E-state index contributed by atoms with van der Waals surface area (Å²) in [5, 5.41) is 11.9. The minimum atomic E-state index is -3.67. The maximum atomic E-state index is 11.4. The van der Waals surface area contributed by atoms with Crippen molar-refractivity contribution >= 4 is 16.0 Å². The standard InChI is InChI=1S/C22H31N5O2S/c1-2-24-22(25-15-18-10-12-21(13-11-18)30(23,28)29)26-16-20-9-6-14-27(20)17-19-7-4-3-5-8-19/h3-5,7-8,10-13,20H,2,6,9,14-17H2,1H3,(H2,23,28,29)(H2,24,25,26). The Morgan fingerprint density at radius 1 is 1.10 bits per heavy atom. The van der Waals surface area contributed by atoms with E-state index in [2.05, 4.69) is 44.8 Å². The summed E-state index contributed by atoms with van der Waals surface area (Å²) in [6.07, 6.45) is 2.39. The van der Waals surface area contributed by atoms with E-state index in [1.54, 1.807) is 12.1 Å². The van der Waals surface area contributed by atoms with Crippen LogP contribution >= 0.6 is 0 Å². The number of rotatable bonds is 8. The van der Waals surface area contributed by atoms with E-state index >= 15 is 0 Å². The number of benzene rings is 2. The summed E-state index contributed by atoms with van der Waals surface area (Å²) in [7, 11) is -3.67. The summed E-state index contributed by atoms with van der Waals surface area (Å²) >= 11 is 0. The maximum absolute atomic E-state index is 11.4. The number of nitrogens with one attached hydrogen (secondary N) is 2. The molecular weight excluding hydrogens is 398 g/mol. The Kier molecular flexibility index (Phi) is 7.84. The number of aliphatic imine (C=N–C) groups is 1. The number of hydrogen-bond donors (Lipinski definition) is 3. The van der Waals surface area contributed by atoms with Gasteiger partial charge in [-0.05, 0) is 49.6 Å². The zero-order valence-electron chi connectivity index (χ0n) is 17.4. The molecule has 1 aliphatic heterocycles. The molecule has 3 rings (SSSR count). The first kappa shape index (κ1) is 22.3. The molecule has 1 fully saturated rings. The van der Waals surface area contributed by atoms with Gasteiger partial charge in [0.2, 0.25) is 10.0 Å². The van der Waals surface area contributed by atoms with Crippen LogP contribution < -0.4 is 15.8 Å². The summed E-state index contributed by atoms with van der Waals surface area (Å²) in [5.74, 6) is 0.764. The molecule has 1 saturated heterocycles. The van der Waals surface area contributed by atoms with Crippen molar-refractivity contribution in [3.8, 4) is 0 Å². The molecule has 162 valence electrons. The van der Waals surface area contributed by atoms with Gasteiger partial charge in [0, 0.05) is 25.7 Å². The summed E-state index contributed by atoms with van der Waals surface area (Å²) in [6.45, 7) is 6.19. The van der Waals surface area contributed by atoms with Crippen molar-refractivity contribution in [1.82, 2.24) is 15.5 Å². The Labute approximate surface area is 179 Å². The highest BCUT2D eigenvalue weighted by atomic mass is 32.2. The fourth-order valence-electron chi connectivity index (χ4n) is 3.66. The number of nitrogens with zero attached hydrogens (tertiary/aromatic N) is 2. The highest BCUT2D eigenvalue weighted by Gasteiger charge is 2.24. The van der Waals surface area contributed by atoms with Crippen molar-refractivity contribution in [1.29, 1.82) is 0 Å². The normalized spacial score (nSPS) is 17.8. The van der Waals surface area contributed by atoms with Crippen molar-refractivity contribution in [2.45, 2.75) is 43.8 Å². The van der Waals surface area contributed by atoms with Crippen LogP contribution in [0.5, 0.6) is 0 Å². The fourth-order valence-corrected chi connectivity index (χ4v) is 4.18. The smallest absolute Gasteiger partial charge is 0.238 e. The minimum Gasteiger partial charge on any atom is -0.357 e. The van der Waals surface area contributed by atoms with Crippen LogP contribution in [0.4, 0.5) is 0 Å². The molecule has 30 heavy (non-hydrogen) atoms. The summed E-state index contributed by atoms with van der Waals surface area (Å²) in [6, 6.07) is 17.6. The molecule has 7 nitrogen and oxygen atoms in total. The van der Waals surface area contributed by atoms with Crippen LogP contribution in [0, 0.1) is 0 Å². The van der Waals surface area contributed by atoms with Crippen LogP contribution in [-0.4, -0.2) is 45.0 Å². The van der Waals surface area contributed by atoms with Crippen LogP contribution in [0.25, 0.3) is 0 Å².